The van der Waals surface area contributed by atoms with Crippen LogP contribution in [0.5, 0.6) is 0 Å². The van der Waals surface area contributed by atoms with E-state index in [1.165, 1.54) is 0 Å². The van der Waals surface area contributed by atoms with E-state index in [2.05, 4.69) is 10.0 Å². The molecule has 2 rings (SSSR count). The van der Waals surface area contributed by atoms with Crippen molar-refractivity contribution in [2.75, 3.05) is 6.54 Å². The van der Waals surface area contributed by atoms with Gasteiger partial charge in [-0.1, -0.05) is 5.11 Å². The lowest BCUT2D eigenvalue weighted by atomic mass is 10.1. The molecule has 0 aromatic heterocycles. The van der Waals surface area contributed by atoms with E-state index in [1.54, 1.807) is 27.7 Å². The minimum Gasteiger partial charge on any atom is -0.461 e. The molecule has 20 heavy (non-hydrogen) atoms. The molecule has 0 aliphatic carbocycles. The van der Waals surface area contributed by atoms with Gasteiger partial charge in [-0.05, 0) is 33.2 Å². The first kappa shape index (κ1) is 15.1. The molecule has 2 aliphatic rings. The van der Waals surface area contributed by atoms with Gasteiger partial charge in [0.15, 0.2) is 11.9 Å². The molecule has 2 fully saturated rings. The highest BCUT2D eigenvalue weighted by atomic mass is 16.8. The minimum absolute atomic E-state index is 0.0859. The van der Waals surface area contributed by atoms with Gasteiger partial charge in [0.25, 0.3) is 0 Å². The van der Waals surface area contributed by atoms with Crippen molar-refractivity contribution in [3.8, 4) is 0 Å². The lowest BCUT2D eigenvalue weighted by Gasteiger charge is -2.23. The summed E-state index contributed by atoms with van der Waals surface area (Å²) in [5, 5.41) is 3.48. The molecule has 0 N–H and O–H groups in total. The molecular formula is C12H19N3O5. The van der Waals surface area contributed by atoms with Crippen molar-refractivity contribution in [1.82, 2.24) is 0 Å². The summed E-state index contributed by atoms with van der Waals surface area (Å²) in [7, 11) is 0. The molecule has 0 saturated carbocycles. The van der Waals surface area contributed by atoms with Crippen molar-refractivity contribution in [3.63, 3.8) is 0 Å². The molecule has 8 heteroatoms. The van der Waals surface area contributed by atoms with Crippen LogP contribution in [0, 0.1) is 0 Å². The van der Waals surface area contributed by atoms with Crippen LogP contribution in [0.15, 0.2) is 5.11 Å². The zero-order chi connectivity index (χ0) is 14.9. The Morgan fingerprint density at radius 3 is 2.65 bits per heavy atom. The molecule has 0 aromatic rings. The van der Waals surface area contributed by atoms with Gasteiger partial charge >= 0.3 is 5.97 Å². The van der Waals surface area contributed by atoms with E-state index in [0.717, 1.165) is 0 Å². The van der Waals surface area contributed by atoms with Crippen LogP contribution < -0.4 is 0 Å². The third kappa shape index (κ3) is 3.04. The van der Waals surface area contributed by atoms with Gasteiger partial charge < -0.3 is 18.9 Å². The largest absolute Gasteiger partial charge is 0.461 e. The van der Waals surface area contributed by atoms with Crippen LogP contribution in [0.4, 0.5) is 0 Å². The normalized spacial score (nSPS) is 34.6. The number of azide groups is 1. The highest BCUT2D eigenvalue weighted by Crippen LogP contribution is 2.39. The van der Waals surface area contributed by atoms with Gasteiger partial charge in [0, 0.05) is 4.91 Å². The van der Waals surface area contributed by atoms with Crippen molar-refractivity contribution >= 4 is 5.97 Å². The van der Waals surface area contributed by atoms with Crippen LogP contribution in [0.25, 0.3) is 10.4 Å². The van der Waals surface area contributed by atoms with Crippen LogP contribution in [-0.4, -0.2) is 48.8 Å². The van der Waals surface area contributed by atoms with Crippen LogP contribution >= 0.6 is 0 Å². The van der Waals surface area contributed by atoms with Crippen LogP contribution in [0.2, 0.25) is 0 Å². The summed E-state index contributed by atoms with van der Waals surface area (Å²) >= 11 is 0. The first-order valence-electron chi connectivity index (χ1n) is 6.56. The van der Waals surface area contributed by atoms with Crippen LogP contribution in [0.1, 0.15) is 27.7 Å². The molecule has 2 heterocycles. The van der Waals surface area contributed by atoms with Crippen molar-refractivity contribution in [2.45, 2.75) is 64.0 Å². The zero-order valence-electron chi connectivity index (χ0n) is 12.0. The number of fused-ring (bicyclic) bond motifs is 1. The van der Waals surface area contributed by atoms with Crippen molar-refractivity contribution in [3.05, 3.63) is 10.4 Å². The number of esters is 1. The van der Waals surface area contributed by atoms with E-state index in [9.17, 15) is 4.79 Å². The quantitative estimate of drug-likeness (QED) is 0.337. The standard InChI is InChI=1S/C12H19N3O5/c1-6(2)17-11(16)10-9-8(19-12(3,4)20-9)7(18-10)5-14-15-13/h6-10H,5H2,1-4H3/t7-,8+,9+,10-/m1/s1. The molecule has 0 spiro atoms. The summed E-state index contributed by atoms with van der Waals surface area (Å²) in [6.07, 6.45) is -2.60. The summed E-state index contributed by atoms with van der Waals surface area (Å²) in [5.41, 5.74) is 8.40. The Morgan fingerprint density at radius 1 is 1.40 bits per heavy atom. The first-order chi connectivity index (χ1) is 9.34. The van der Waals surface area contributed by atoms with Crippen molar-refractivity contribution in [2.24, 2.45) is 5.11 Å². The van der Waals surface area contributed by atoms with Gasteiger partial charge in [-0.25, -0.2) is 4.79 Å². The number of carbonyl (C=O) groups excluding carboxylic acids is 1. The van der Waals surface area contributed by atoms with Gasteiger partial charge in [0.1, 0.15) is 12.2 Å². The second-order valence-corrected chi connectivity index (χ2v) is 5.56. The Kier molecular flexibility index (Phi) is 4.19. The molecular weight excluding hydrogens is 266 g/mol. The third-order valence-electron chi connectivity index (χ3n) is 3.06. The Labute approximate surface area is 116 Å². The predicted octanol–water partition coefficient (Wildman–Crippen LogP) is 1.54. The second-order valence-electron chi connectivity index (χ2n) is 5.56. The van der Waals surface area contributed by atoms with E-state index in [4.69, 9.17) is 24.5 Å². The highest BCUT2D eigenvalue weighted by molar-refractivity contribution is 5.76. The monoisotopic (exact) mass is 285 g/mol. The van der Waals surface area contributed by atoms with Crippen LogP contribution in [0.3, 0.4) is 0 Å². The summed E-state index contributed by atoms with van der Waals surface area (Å²) < 4.78 is 22.2. The number of carbonyl (C=O) groups is 1. The minimum atomic E-state index is -0.858. The number of nitrogens with zero attached hydrogens (tertiary/aromatic N) is 3. The average Bonchev–Trinajstić information content (AvgIpc) is 2.79. The van der Waals surface area contributed by atoms with Gasteiger partial charge in [0.2, 0.25) is 0 Å². The van der Waals surface area contributed by atoms with E-state index in [1.807, 2.05) is 0 Å². The molecule has 0 amide bonds. The van der Waals surface area contributed by atoms with Crippen molar-refractivity contribution in [1.29, 1.82) is 0 Å². The maximum absolute atomic E-state index is 12.0. The molecule has 0 aromatic carbocycles. The lowest BCUT2D eigenvalue weighted by molar-refractivity contribution is -0.196. The molecule has 0 bridgehead atoms. The van der Waals surface area contributed by atoms with Gasteiger partial charge in [0.05, 0.1) is 18.8 Å². The Balaban J connectivity index is 2.14. The van der Waals surface area contributed by atoms with E-state index >= 15 is 0 Å². The Bertz CT molecular complexity index is 433. The maximum Gasteiger partial charge on any atom is 0.338 e. The number of rotatable bonds is 4. The Morgan fingerprint density at radius 2 is 2.05 bits per heavy atom. The SMILES string of the molecule is CC(C)OC(=O)[C@@H]1O[C@H](CN=[N+]=[N-])[C@@H]2OC(C)(C)O[C@@H]21. The molecule has 2 saturated heterocycles. The second kappa shape index (κ2) is 5.57. The van der Waals surface area contributed by atoms with Gasteiger partial charge in [-0.3, -0.25) is 0 Å². The highest BCUT2D eigenvalue weighted by Gasteiger charge is 2.57. The molecule has 4 atom stereocenters. The van der Waals surface area contributed by atoms with Crippen LogP contribution in [-0.2, 0) is 23.7 Å². The summed E-state index contributed by atoms with van der Waals surface area (Å²) in [6.45, 7) is 7.14. The summed E-state index contributed by atoms with van der Waals surface area (Å²) in [4.78, 5) is 14.7. The predicted molar refractivity (Wildman–Crippen MR) is 67.7 cm³/mol. The van der Waals surface area contributed by atoms with E-state index in [0.29, 0.717) is 0 Å². The van der Waals surface area contributed by atoms with E-state index < -0.39 is 36.2 Å². The smallest absolute Gasteiger partial charge is 0.338 e. The fourth-order valence-corrected chi connectivity index (χ4v) is 2.44. The fraction of sp³-hybridized carbons (Fsp3) is 0.917. The molecule has 112 valence electrons. The zero-order valence-corrected chi connectivity index (χ0v) is 12.0. The summed E-state index contributed by atoms with van der Waals surface area (Å²) in [6, 6.07) is 0. The molecule has 8 nitrogen and oxygen atoms in total. The topological polar surface area (TPSA) is 103 Å². The first-order valence-corrected chi connectivity index (χ1v) is 6.56. The molecule has 2 aliphatic heterocycles. The number of hydrogen-bond acceptors (Lipinski definition) is 6. The molecule has 0 unspecified atom stereocenters. The van der Waals surface area contributed by atoms with Crippen molar-refractivity contribution < 1.29 is 23.7 Å². The summed E-state index contributed by atoms with van der Waals surface area (Å²) in [5.74, 6) is -1.29. The average molecular weight is 285 g/mol. The lowest BCUT2D eigenvalue weighted by Crippen LogP contribution is -2.37. The van der Waals surface area contributed by atoms with Gasteiger partial charge in [-0.15, -0.1) is 0 Å². The number of ether oxygens (including phenoxy) is 4. The van der Waals surface area contributed by atoms with E-state index in [-0.39, 0.29) is 12.6 Å². The van der Waals surface area contributed by atoms with Gasteiger partial charge in [-0.2, -0.15) is 0 Å². The number of hydrogen-bond donors (Lipinski definition) is 0. The molecule has 0 radical (unpaired) electrons. The maximum atomic E-state index is 12.0. The fourth-order valence-electron chi connectivity index (χ4n) is 2.44. The Hall–Kier alpha value is -1.34. The third-order valence-corrected chi connectivity index (χ3v) is 3.06.